The maximum absolute atomic E-state index is 10.4. The van der Waals surface area contributed by atoms with Gasteiger partial charge in [0.05, 0.1) is 0 Å². The second-order valence-electron chi connectivity index (χ2n) is 3.83. The third kappa shape index (κ3) is 1.38. The van der Waals surface area contributed by atoms with E-state index in [1.807, 2.05) is 0 Å². The highest BCUT2D eigenvalue weighted by Gasteiger charge is 2.48. The second kappa shape index (κ2) is 2.21. The maximum atomic E-state index is 10.4. The van der Waals surface area contributed by atoms with Crippen molar-refractivity contribution in [2.75, 3.05) is 6.54 Å². The van der Waals surface area contributed by atoms with E-state index >= 15 is 0 Å². The van der Waals surface area contributed by atoms with Gasteiger partial charge in [0, 0.05) is 12.0 Å². The quantitative estimate of drug-likeness (QED) is 0.614. The molecular formula is C8H13NO2. The highest BCUT2D eigenvalue weighted by molar-refractivity contribution is 5.67. The third-order valence-electron chi connectivity index (χ3n) is 2.76. The zero-order valence-corrected chi connectivity index (χ0v) is 6.47. The predicted molar refractivity (Wildman–Crippen MR) is 40.3 cm³/mol. The molecule has 0 radical (unpaired) electrons. The standard InChI is InChI=1S/C8H13NO2/c10-7(11)3-6-4-8(1-2-8)9-5-6/h6,9H,1-5H2,(H,10,11). The Balaban J connectivity index is 1.85. The summed E-state index contributed by atoms with van der Waals surface area (Å²) in [6.07, 6.45) is 3.93. The molecule has 0 aromatic rings. The summed E-state index contributed by atoms with van der Waals surface area (Å²) in [6, 6.07) is 0. The van der Waals surface area contributed by atoms with Crippen LogP contribution in [0.5, 0.6) is 0 Å². The molecule has 1 spiro atoms. The van der Waals surface area contributed by atoms with E-state index in [1.165, 1.54) is 12.8 Å². The lowest BCUT2D eigenvalue weighted by atomic mass is 10.0. The molecule has 62 valence electrons. The number of carbonyl (C=O) groups is 1. The molecule has 0 amide bonds. The van der Waals surface area contributed by atoms with Crippen LogP contribution in [0.15, 0.2) is 0 Å². The topological polar surface area (TPSA) is 49.3 Å². The summed E-state index contributed by atoms with van der Waals surface area (Å²) in [4.78, 5) is 10.4. The second-order valence-corrected chi connectivity index (χ2v) is 3.83. The molecule has 2 N–H and O–H groups in total. The Labute approximate surface area is 65.8 Å². The largest absolute Gasteiger partial charge is 0.481 e. The molecule has 2 fully saturated rings. The SMILES string of the molecule is O=C(O)CC1CNC2(CC2)C1. The van der Waals surface area contributed by atoms with Gasteiger partial charge in [0.2, 0.25) is 0 Å². The average Bonchev–Trinajstić information content (AvgIpc) is 2.51. The van der Waals surface area contributed by atoms with Crippen LogP contribution < -0.4 is 5.32 Å². The highest BCUT2D eigenvalue weighted by atomic mass is 16.4. The number of carboxylic acids is 1. The lowest BCUT2D eigenvalue weighted by molar-refractivity contribution is -0.137. The first-order valence-electron chi connectivity index (χ1n) is 4.17. The summed E-state index contributed by atoms with van der Waals surface area (Å²) in [6.45, 7) is 0.909. The van der Waals surface area contributed by atoms with Crippen LogP contribution in [0.4, 0.5) is 0 Å². The van der Waals surface area contributed by atoms with Crippen molar-refractivity contribution in [1.82, 2.24) is 5.32 Å². The molecule has 1 saturated heterocycles. The van der Waals surface area contributed by atoms with Gasteiger partial charge in [-0.3, -0.25) is 4.79 Å². The molecule has 2 aliphatic rings. The van der Waals surface area contributed by atoms with Crippen LogP contribution in [-0.4, -0.2) is 23.2 Å². The fourth-order valence-electron chi connectivity index (χ4n) is 1.98. The van der Waals surface area contributed by atoms with E-state index < -0.39 is 5.97 Å². The molecule has 11 heavy (non-hydrogen) atoms. The molecule has 0 aromatic heterocycles. The van der Waals surface area contributed by atoms with Gasteiger partial charge in [-0.25, -0.2) is 0 Å². The Morgan fingerprint density at radius 1 is 1.64 bits per heavy atom. The zero-order chi connectivity index (χ0) is 7.90. The minimum absolute atomic E-state index is 0.342. The molecule has 1 aliphatic heterocycles. The van der Waals surface area contributed by atoms with Gasteiger partial charge in [0.15, 0.2) is 0 Å². The van der Waals surface area contributed by atoms with Crippen LogP contribution >= 0.6 is 0 Å². The van der Waals surface area contributed by atoms with E-state index in [1.54, 1.807) is 0 Å². The molecule has 1 heterocycles. The summed E-state index contributed by atoms with van der Waals surface area (Å²) < 4.78 is 0. The molecule has 1 unspecified atom stereocenters. The fraction of sp³-hybridized carbons (Fsp3) is 0.875. The van der Waals surface area contributed by atoms with Crippen LogP contribution in [0.25, 0.3) is 0 Å². The first-order valence-corrected chi connectivity index (χ1v) is 4.17. The molecule has 1 saturated carbocycles. The van der Waals surface area contributed by atoms with Gasteiger partial charge in [0.1, 0.15) is 0 Å². The lowest BCUT2D eigenvalue weighted by Gasteiger charge is -2.04. The normalized spacial score (nSPS) is 32.5. The van der Waals surface area contributed by atoms with Gasteiger partial charge in [-0.1, -0.05) is 0 Å². The molecule has 1 atom stereocenters. The summed E-state index contributed by atoms with van der Waals surface area (Å²) in [5.74, 6) is -0.274. The van der Waals surface area contributed by atoms with Crippen molar-refractivity contribution in [3.63, 3.8) is 0 Å². The van der Waals surface area contributed by atoms with Gasteiger partial charge in [-0.15, -0.1) is 0 Å². The average molecular weight is 155 g/mol. The molecule has 0 bridgehead atoms. The Hall–Kier alpha value is -0.570. The Kier molecular flexibility index (Phi) is 1.42. The number of aliphatic carboxylic acids is 1. The van der Waals surface area contributed by atoms with Crippen molar-refractivity contribution < 1.29 is 9.90 Å². The van der Waals surface area contributed by atoms with E-state index in [2.05, 4.69) is 5.32 Å². The van der Waals surface area contributed by atoms with Gasteiger partial charge in [-0.05, 0) is 31.7 Å². The Morgan fingerprint density at radius 2 is 2.36 bits per heavy atom. The van der Waals surface area contributed by atoms with Gasteiger partial charge >= 0.3 is 5.97 Å². The van der Waals surface area contributed by atoms with Gasteiger partial charge in [-0.2, -0.15) is 0 Å². The van der Waals surface area contributed by atoms with E-state index in [4.69, 9.17) is 5.11 Å². The summed E-state index contributed by atoms with van der Waals surface area (Å²) >= 11 is 0. The molecule has 3 nitrogen and oxygen atoms in total. The van der Waals surface area contributed by atoms with Crippen LogP contribution in [0.3, 0.4) is 0 Å². The van der Waals surface area contributed by atoms with Gasteiger partial charge in [0.25, 0.3) is 0 Å². The van der Waals surface area contributed by atoms with Crippen LogP contribution in [0.2, 0.25) is 0 Å². The predicted octanol–water partition coefficient (Wildman–Crippen LogP) is 0.603. The monoisotopic (exact) mass is 155 g/mol. The van der Waals surface area contributed by atoms with Crippen molar-refractivity contribution in [3.05, 3.63) is 0 Å². The fourth-order valence-corrected chi connectivity index (χ4v) is 1.98. The summed E-state index contributed by atoms with van der Waals surface area (Å²) in [7, 11) is 0. The number of hydrogen-bond donors (Lipinski definition) is 2. The molecular weight excluding hydrogens is 142 g/mol. The van der Waals surface area contributed by atoms with Crippen molar-refractivity contribution in [2.45, 2.75) is 31.2 Å². The lowest BCUT2D eigenvalue weighted by Crippen LogP contribution is -2.22. The first kappa shape index (κ1) is 7.10. The van der Waals surface area contributed by atoms with Crippen LogP contribution in [0, 0.1) is 5.92 Å². The molecule has 3 heteroatoms. The number of hydrogen-bond acceptors (Lipinski definition) is 2. The number of carboxylic acid groups (broad SMARTS) is 1. The van der Waals surface area contributed by atoms with E-state index in [-0.39, 0.29) is 0 Å². The zero-order valence-electron chi connectivity index (χ0n) is 6.47. The summed E-state index contributed by atoms with van der Waals surface area (Å²) in [5.41, 5.74) is 0.389. The number of nitrogens with one attached hydrogen (secondary N) is 1. The minimum Gasteiger partial charge on any atom is -0.481 e. The smallest absolute Gasteiger partial charge is 0.303 e. The highest BCUT2D eigenvalue weighted by Crippen LogP contribution is 2.45. The molecule has 1 aliphatic carbocycles. The van der Waals surface area contributed by atoms with Crippen molar-refractivity contribution in [1.29, 1.82) is 0 Å². The molecule has 2 rings (SSSR count). The van der Waals surface area contributed by atoms with Crippen LogP contribution in [-0.2, 0) is 4.79 Å². The van der Waals surface area contributed by atoms with Crippen molar-refractivity contribution in [2.24, 2.45) is 5.92 Å². The van der Waals surface area contributed by atoms with Crippen LogP contribution in [0.1, 0.15) is 25.7 Å². The minimum atomic E-state index is -0.658. The van der Waals surface area contributed by atoms with E-state index in [0.29, 0.717) is 17.9 Å². The van der Waals surface area contributed by atoms with E-state index in [9.17, 15) is 4.79 Å². The summed E-state index contributed by atoms with van der Waals surface area (Å²) in [5, 5.41) is 11.9. The number of rotatable bonds is 2. The third-order valence-corrected chi connectivity index (χ3v) is 2.76. The first-order chi connectivity index (χ1) is 5.20. The Morgan fingerprint density at radius 3 is 2.82 bits per heavy atom. The van der Waals surface area contributed by atoms with Gasteiger partial charge < -0.3 is 10.4 Å². The Bertz CT molecular complexity index is 187. The maximum Gasteiger partial charge on any atom is 0.303 e. The van der Waals surface area contributed by atoms with E-state index in [0.717, 1.165) is 13.0 Å². The van der Waals surface area contributed by atoms with Crippen molar-refractivity contribution >= 4 is 5.97 Å². The molecule has 0 aromatic carbocycles. The van der Waals surface area contributed by atoms with Crippen molar-refractivity contribution in [3.8, 4) is 0 Å².